The minimum absolute atomic E-state index is 0.520. The molecule has 0 atom stereocenters. The van der Waals surface area contributed by atoms with E-state index in [1.165, 1.54) is 11.1 Å². The number of nitrogens with one attached hydrogen (secondary N) is 1. The van der Waals surface area contributed by atoms with Crippen molar-refractivity contribution in [1.82, 2.24) is 10.2 Å². The molecule has 4 nitrogen and oxygen atoms in total. The summed E-state index contributed by atoms with van der Waals surface area (Å²) in [7, 11) is 0. The zero-order valence-electron chi connectivity index (χ0n) is 10.2. The fourth-order valence-electron chi connectivity index (χ4n) is 1.59. The van der Waals surface area contributed by atoms with Gasteiger partial charge in [-0.1, -0.05) is 6.07 Å². The standard InChI is InChI=1S/C13H17N3O/c1-9-3-4-12(7-10(9)2)17-6-5-11-8-13(14)16-15-11/h3-4,7-8H,5-6H2,1-2H3,(H3,14,15,16). The van der Waals surface area contributed by atoms with E-state index in [0.29, 0.717) is 12.4 Å². The maximum atomic E-state index is 5.67. The van der Waals surface area contributed by atoms with E-state index in [-0.39, 0.29) is 0 Å². The first-order chi connectivity index (χ1) is 8.15. The molecule has 1 aromatic carbocycles. The topological polar surface area (TPSA) is 63.9 Å². The number of nitrogens with two attached hydrogens (primary N) is 1. The molecule has 1 aromatic heterocycles. The predicted octanol–water partition coefficient (Wildman–Crippen LogP) is 2.23. The van der Waals surface area contributed by atoms with Gasteiger partial charge in [-0.3, -0.25) is 5.10 Å². The van der Waals surface area contributed by atoms with Crippen molar-refractivity contribution in [1.29, 1.82) is 0 Å². The molecule has 2 rings (SSSR count). The third-order valence-corrected chi connectivity index (χ3v) is 2.77. The smallest absolute Gasteiger partial charge is 0.145 e. The SMILES string of the molecule is Cc1ccc(OCCc2cc(N)n[nH]2)cc1C. The molecule has 4 heteroatoms. The van der Waals surface area contributed by atoms with Gasteiger partial charge in [0.25, 0.3) is 0 Å². The van der Waals surface area contributed by atoms with E-state index in [0.717, 1.165) is 17.9 Å². The van der Waals surface area contributed by atoms with Crippen LogP contribution in [0.25, 0.3) is 0 Å². The van der Waals surface area contributed by atoms with Gasteiger partial charge in [0.15, 0.2) is 0 Å². The highest BCUT2D eigenvalue weighted by atomic mass is 16.5. The Labute approximate surface area is 101 Å². The Bertz CT molecular complexity index is 505. The van der Waals surface area contributed by atoms with Gasteiger partial charge in [0, 0.05) is 18.2 Å². The Kier molecular flexibility index (Phi) is 3.32. The average molecular weight is 231 g/mol. The number of benzene rings is 1. The van der Waals surface area contributed by atoms with Crippen LogP contribution in [0.5, 0.6) is 5.75 Å². The lowest BCUT2D eigenvalue weighted by Crippen LogP contribution is -2.02. The summed E-state index contributed by atoms with van der Waals surface area (Å²) in [6.07, 6.45) is 0.775. The minimum Gasteiger partial charge on any atom is -0.493 e. The number of nitrogens with zero attached hydrogens (tertiary/aromatic N) is 1. The van der Waals surface area contributed by atoms with Gasteiger partial charge >= 0.3 is 0 Å². The van der Waals surface area contributed by atoms with E-state index in [9.17, 15) is 0 Å². The number of hydrogen-bond donors (Lipinski definition) is 2. The molecule has 2 aromatic rings. The van der Waals surface area contributed by atoms with Crippen molar-refractivity contribution in [2.24, 2.45) is 0 Å². The van der Waals surface area contributed by atoms with Crippen molar-refractivity contribution in [3.8, 4) is 5.75 Å². The summed E-state index contributed by atoms with van der Waals surface area (Å²) in [6, 6.07) is 7.93. The predicted molar refractivity (Wildman–Crippen MR) is 68.1 cm³/mol. The summed E-state index contributed by atoms with van der Waals surface area (Å²) in [5.41, 5.74) is 9.03. The second-order valence-electron chi connectivity index (χ2n) is 4.16. The second-order valence-corrected chi connectivity index (χ2v) is 4.16. The third-order valence-electron chi connectivity index (χ3n) is 2.77. The van der Waals surface area contributed by atoms with Gasteiger partial charge in [0.2, 0.25) is 0 Å². The zero-order valence-corrected chi connectivity index (χ0v) is 10.2. The molecule has 17 heavy (non-hydrogen) atoms. The van der Waals surface area contributed by atoms with Crippen molar-refractivity contribution >= 4 is 5.82 Å². The molecule has 1 heterocycles. The highest BCUT2D eigenvalue weighted by Gasteiger charge is 2.00. The van der Waals surface area contributed by atoms with Crippen LogP contribution >= 0.6 is 0 Å². The first-order valence-corrected chi connectivity index (χ1v) is 5.65. The lowest BCUT2D eigenvalue weighted by atomic mass is 10.1. The number of anilines is 1. The van der Waals surface area contributed by atoms with E-state index < -0.39 is 0 Å². The van der Waals surface area contributed by atoms with Crippen LogP contribution in [-0.2, 0) is 6.42 Å². The molecule has 0 saturated heterocycles. The minimum atomic E-state index is 0.520. The largest absolute Gasteiger partial charge is 0.493 e. The first-order valence-electron chi connectivity index (χ1n) is 5.65. The Hall–Kier alpha value is -1.97. The van der Waals surface area contributed by atoms with Crippen molar-refractivity contribution in [3.63, 3.8) is 0 Å². The highest BCUT2D eigenvalue weighted by Crippen LogP contribution is 2.16. The Morgan fingerprint density at radius 1 is 1.24 bits per heavy atom. The Morgan fingerprint density at radius 2 is 2.06 bits per heavy atom. The summed E-state index contributed by atoms with van der Waals surface area (Å²) in [4.78, 5) is 0. The lowest BCUT2D eigenvalue weighted by molar-refractivity contribution is 0.320. The molecule has 0 radical (unpaired) electrons. The molecule has 0 unspecified atom stereocenters. The summed E-state index contributed by atoms with van der Waals surface area (Å²) < 4.78 is 5.67. The van der Waals surface area contributed by atoms with Crippen LogP contribution in [0.15, 0.2) is 24.3 Å². The van der Waals surface area contributed by atoms with Gasteiger partial charge < -0.3 is 10.5 Å². The molecule has 0 aliphatic rings. The second kappa shape index (κ2) is 4.91. The van der Waals surface area contributed by atoms with Crippen molar-refractivity contribution in [3.05, 3.63) is 41.1 Å². The van der Waals surface area contributed by atoms with E-state index in [1.54, 1.807) is 0 Å². The van der Waals surface area contributed by atoms with Crippen LogP contribution in [0.3, 0.4) is 0 Å². The normalized spacial score (nSPS) is 10.5. The van der Waals surface area contributed by atoms with Crippen molar-refractivity contribution < 1.29 is 4.74 Å². The first kappa shape index (κ1) is 11.5. The van der Waals surface area contributed by atoms with Crippen molar-refractivity contribution in [2.45, 2.75) is 20.3 Å². The van der Waals surface area contributed by atoms with E-state index >= 15 is 0 Å². The van der Waals surface area contributed by atoms with Crippen LogP contribution in [-0.4, -0.2) is 16.8 Å². The van der Waals surface area contributed by atoms with Crippen LogP contribution in [0.1, 0.15) is 16.8 Å². The van der Waals surface area contributed by atoms with Crippen LogP contribution in [0, 0.1) is 13.8 Å². The van der Waals surface area contributed by atoms with Gasteiger partial charge in [-0.2, -0.15) is 5.10 Å². The maximum Gasteiger partial charge on any atom is 0.145 e. The van der Waals surface area contributed by atoms with Gasteiger partial charge in [-0.05, 0) is 37.1 Å². The molecule has 3 N–H and O–H groups in total. The van der Waals surface area contributed by atoms with Crippen LogP contribution < -0.4 is 10.5 Å². The van der Waals surface area contributed by atoms with Crippen LogP contribution in [0.4, 0.5) is 5.82 Å². The molecular formula is C13H17N3O. The molecule has 0 bridgehead atoms. The lowest BCUT2D eigenvalue weighted by Gasteiger charge is -2.07. The Morgan fingerprint density at radius 3 is 2.71 bits per heavy atom. The summed E-state index contributed by atoms with van der Waals surface area (Å²) in [5, 5.41) is 6.72. The summed E-state index contributed by atoms with van der Waals surface area (Å²) >= 11 is 0. The molecule has 0 fully saturated rings. The maximum absolute atomic E-state index is 5.67. The van der Waals surface area contributed by atoms with Crippen LogP contribution in [0.2, 0.25) is 0 Å². The molecule has 0 aliphatic carbocycles. The molecule has 0 saturated carbocycles. The molecule has 90 valence electrons. The molecular weight excluding hydrogens is 214 g/mol. The number of nitrogen functional groups attached to an aromatic ring is 1. The van der Waals surface area contributed by atoms with Gasteiger partial charge in [0.1, 0.15) is 11.6 Å². The number of H-pyrrole nitrogens is 1. The number of rotatable bonds is 4. The fraction of sp³-hybridized carbons (Fsp3) is 0.308. The van der Waals surface area contributed by atoms with Gasteiger partial charge in [0.05, 0.1) is 6.61 Å². The number of aryl methyl sites for hydroxylation is 2. The van der Waals surface area contributed by atoms with E-state index in [2.05, 4.69) is 36.2 Å². The number of hydrogen-bond acceptors (Lipinski definition) is 3. The average Bonchev–Trinajstić information content (AvgIpc) is 2.70. The fourth-order valence-corrected chi connectivity index (χ4v) is 1.59. The zero-order chi connectivity index (χ0) is 12.3. The molecule has 0 amide bonds. The molecule has 0 spiro atoms. The van der Waals surface area contributed by atoms with Gasteiger partial charge in [-0.15, -0.1) is 0 Å². The quantitative estimate of drug-likeness (QED) is 0.848. The molecule has 0 aliphatic heterocycles. The Balaban J connectivity index is 1.87. The monoisotopic (exact) mass is 231 g/mol. The third kappa shape index (κ3) is 3.00. The highest BCUT2D eigenvalue weighted by molar-refractivity contribution is 5.34. The summed E-state index contributed by atoms with van der Waals surface area (Å²) in [6.45, 7) is 4.79. The number of ether oxygens (including phenoxy) is 1. The number of aromatic nitrogens is 2. The van der Waals surface area contributed by atoms with E-state index in [4.69, 9.17) is 10.5 Å². The van der Waals surface area contributed by atoms with E-state index in [1.807, 2.05) is 12.1 Å². The van der Waals surface area contributed by atoms with Crippen molar-refractivity contribution in [2.75, 3.05) is 12.3 Å². The van der Waals surface area contributed by atoms with Gasteiger partial charge in [-0.25, -0.2) is 0 Å². The summed E-state index contributed by atoms with van der Waals surface area (Å²) in [5.74, 6) is 1.42. The number of aromatic amines is 1.